The smallest absolute Gasteiger partial charge is 0.270 e. The Labute approximate surface area is 151 Å². The maximum absolute atomic E-state index is 13.2. The highest BCUT2D eigenvalue weighted by atomic mass is 35.5. The number of amides is 1. The molecule has 0 bridgehead atoms. The molecule has 4 rings (SSSR count). The van der Waals surface area contributed by atoms with E-state index in [1.54, 1.807) is 0 Å². The van der Waals surface area contributed by atoms with Gasteiger partial charge in [-0.15, -0.1) is 0 Å². The number of nitrogens with one attached hydrogen (secondary N) is 1. The fourth-order valence-electron chi connectivity index (χ4n) is 3.60. The summed E-state index contributed by atoms with van der Waals surface area (Å²) in [6, 6.07) is 15.6. The van der Waals surface area contributed by atoms with Gasteiger partial charge in [0.05, 0.1) is 0 Å². The first-order valence-corrected chi connectivity index (χ1v) is 8.91. The van der Waals surface area contributed by atoms with E-state index in [1.807, 2.05) is 53.4 Å². The first-order chi connectivity index (χ1) is 12.2. The van der Waals surface area contributed by atoms with Crippen molar-refractivity contribution < 1.29 is 4.79 Å². The maximum Gasteiger partial charge on any atom is 0.270 e. The van der Waals surface area contributed by atoms with Gasteiger partial charge in [0.15, 0.2) is 0 Å². The molecule has 1 amide bonds. The molecule has 1 fully saturated rings. The second-order valence-corrected chi connectivity index (χ2v) is 7.01. The molecule has 3 aromatic rings. The average molecular weight is 354 g/mol. The Bertz CT molecular complexity index is 919. The van der Waals surface area contributed by atoms with Crippen molar-refractivity contribution in [3.63, 3.8) is 0 Å². The van der Waals surface area contributed by atoms with Crippen molar-refractivity contribution in [2.45, 2.75) is 6.42 Å². The summed E-state index contributed by atoms with van der Waals surface area (Å²) in [7, 11) is 0. The number of nitrogens with zero attached hydrogens (tertiary/aromatic N) is 1. The van der Waals surface area contributed by atoms with E-state index >= 15 is 0 Å². The number of hydrogen-bond donors (Lipinski definition) is 2. The summed E-state index contributed by atoms with van der Waals surface area (Å²) in [4.78, 5) is 18.4. The molecule has 1 atom stereocenters. The fourth-order valence-corrected chi connectivity index (χ4v) is 3.77. The zero-order valence-corrected chi connectivity index (χ0v) is 14.6. The number of benzene rings is 2. The second-order valence-electron chi connectivity index (χ2n) is 6.57. The van der Waals surface area contributed by atoms with Crippen molar-refractivity contribution >= 4 is 28.4 Å². The van der Waals surface area contributed by atoms with Crippen molar-refractivity contribution in [1.82, 2.24) is 9.88 Å². The molecule has 1 aliphatic rings. The van der Waals surface area contributed by atoms with E-state index in [0.29, 0.717) is 23.2 Å². The molecule has 3 N–H and O–H groups in total. The minimum atomic E-state index is 0.0297. The molecule has 0 aliphatic carbocycles. The Morgan fingerprint density at radius 2 is 2.04 bits per heavy atom. The van der Waals surface area contributed by atoms with Gasteiger partial charge < -0.3 is 15.6 Å². The molecule has 2 heterocycles. The van der Waals surface area contributed by atoms with E-state index < -0.39 is 0 Å². The maximum atomic E-state index is 13.2. The minimum Gasteiger partial charge on any atom is -0.350 e. The van der Waals surface area contributed by atoms with Gasteiger partial charge in [0.2, 0.25) is 0 Å². The molecule has 1 saturated heterocycles. The quantitative estimate of drug-likeness (QED) is 0.749. The Morgan fingerprint density at radius 1 is 1.24 bits per heavy atom. The summed E-state index contributed by atoms with van der Waals surface area (Å²) in [6.07, 6.45) is 0.967. The monoisotopic (exact) mass is 353 g/mol. The average Bonchev–Trinajstić information content (AvgIpc) is 3.26. The van der Waals surface area contributed by atoms with Crippen molar-refractivity contribution in [2.75, 3.05) is 19.6 Å². The summed E-state index contributed by atoms with van der Waals surface area (Å²) in [6.45, 7) is 2.10. The van der Waals surface area contributed by atoms with Crippen LogP contribution in [0.25, 0.3) is 22.0 Å². The fraction of sp³-hybridized carbons (Fsp3) is 0.250. The third-order valence-corrected chi connectivity index (χ3v) is 5.18. The molecule has 4 nitrogen and oxygen atoms in total. The van der Waals surface area contributed by atoms with Gasteiger partial charge in [-0.3, -0.25) is 4.79 Å². The zero-order chi connectivity index (χ0) is 17.4. The largest absolute Gasteiger partial charge is 0.350 e. The lowest BCUT2D eigenvalue weighted by atomic mass is 10.0. The number of carbonyl (C=O) groups is 1. The molecule has 0 spiro atoms. The number of aromatic nitrogens is 1. The van der Waals surface area contributed by atoms with Gasteiger partial charge in [0, 0.05) is 34.6 Å². The molecule has 1 aliphatic heterocycles. The van der Waals surface area contributed by atoms with Crippen molar-refractivity contribution in [3.8, 4) is 11.1 Å². The van der Waals surface area contributed by atoms with Crippen LogP contribution in [0.3, 0.4) is 0 Å². The highest BCUT2D eigenvalue weighted by Gasteiger charge is 2.29. The summed E-state index contributed by atoms with van der Waals surface area (Å²) in [5.74, 6) is 0.421. The third-order valence-electron chi connectivity index (χ3n) is 4.94. The normalized spacial score (nSPS) is 17.4. The van der Waals surface area contributed by atoms with E-state index in [1.165, 1.54) is 0 Å². The summed E-state index contributed by atoms with van der Waals surface area (Å²) in [5.41, 5.74) is 9.24. The third kappa shape index (κ3) is 2.92. The molecular weight excluding hydrogens is 334 g/mol. The molecule has 25 heavy (non-hydrogen) atoms. The predicted molar refractivity (Wildman–Crippen MR) is 102 cm³/mol. The van der Waals surface area contributed by atoms with Crippen LogP contribution in [0.1, 0.15) is 16.9 Å². The Morgan fingerprint density at radius 3 is 2.76 bits per heavy atom. The van der Waals surface area contributed by atoms with Crippen LogP contribution in [-0.4, -0.2) is 35.4 Å². The number of hydrogen-bond acceptors (Lipinski definition) is 2. The standard InChI is InChI=1S/C20H20ClN3O/c21-15-6-7-17-16(10-15)18(14-4-2-1-3-5-14)19(23-17)20(25)24-9-8-13(11-22)12-24/h1-7,10,13,23H,8-9,11-12,22H2/t13-/m0/s1. The van der Waals surface area contributed by atoms with Gasteiger partial charge in [0.25, 0.3) is 5.91 Å². The summed E-state index contributed by atoms with van der Waals surface area (Å²) in [5, 5.41) is 1.63. The van der Waals surface area contributed by atoms with Crippen molar-refractivity contribution in [3.05, 3.63) is 59.2 Å². The topological polar surface area (TPSA) is 62.1 Å². The molecule has 1 aromatic heterocycles. The van der Waals surface area contributed by atoms with Crippen LogP contribution in [-0.2, 0) is 0 Å². The summed E-state index contributed by atoms with van der Waals surface area (Å²) < 4.78 is 0. The molecule has 0 unspecified atom stereocenters. The Hall–Kier alpha value is -2.30. The molecule has 0 saturated carbocycles. The van der Waals surface area contributed by atoms with E-state index in [2.05, 4.69) is 4.98 Å². The van der Waals surface area contributed by atoms with Gasteiger partial charge in [-0.25, -0.2) is 0 Å². The lowest BCUT2D eigenvalue weighted by molar-refractivity contribution is 0.0783. The first-order valence-electron chi connectivity index (χ1n) is 8.53. The lowest BCUT2D eigenvalue weighted by Crippen LogP contribution is -2.30. The van der Waals surface area contributed by atoms with Crippen LogP contribution in [0.15, 0.2) is 48.5 Å². The highest BCUT2D eigenvalue weighted by Crippen LogP contribution is 2.35. The van der Waals surface area contributed by atoms with Crippen LogP contribution in [0, 0.1) is 5.92 Å². The number of likely N-dealkylation sites (tertiary alicyclic amines) is 1. The van der Waals surface area contributed by atoms with Gasteiger partial charge >= 0.3 is 0 Å². The van der Waals surface area contributed by atoms with Gasteiger partial charge in [-0.05, 0) is 42.6 Å². The van der Waals surface area contributed by atoms with E-state index in [-0.39, 0.29) is 5.91 Å². The van der Waals surface area contributed by atoms with Crippen LogP contribution in [0.5, 0.6) is 0 Å². The SMILES string of the molecule is NC[C@@H]1CCN(C(=O)c2[nH]c3ccc(Cl)cc3c2-c2ccccc2)C1. The van der Waals surface area contributed by atoms with E-state index in [0.717, 1.165) is 41.5 Å². The first kappa shape index (κ1) is 16.2. The number of H-pyrrole nitrogens is 1. The van der Waals surface area contributed by atoms with Crippen LogP contribution < -0.4 is 5.73 Å². The van der Waals surface area contributed by atoms with Gasteiger partial charge in [-0.2, -0.15) is 0 Å². The molecule has 0 radical (unpaired) electrons. The minimum absolute atomic E-state index is 0.0297. The number of fused-ring (bicyclic) bond motifs is 1. The number of nitrogens with two attached hydrogens (primary N) is 1. The van der Waals surface area contributed by atoms with Gasteiger partial charge in [-0.1, -0.05) is 41.9 Å². The predicted octanol–water partition coefficient (Wildman–Crippen LogP) is 3.91. The zero-order valence-electron chi connectivity index (χ0n) is 13.8. The van der Waals surface area contributed by atoms with E-state index in [9.17, 15) is 4.79 Å². The number of halogens is 1. The molecule has 2 aromatic carbocycles. The second kappa shape index (κ2) is 6.54. The highest BCUT2D eigenvalue weighted by molar-refractivity contribution is 6.31. The lowest BCUT2D eigenvalue weighted by Gasteiger charge is -2.16. The van der Waals surface area contributed by atoms with Crippen LogP contribution >= 0.6 is 11.6 Å². The van der Waals surface area contributed by atoms with E-state index in [4.69, 9.17) is 17.3 Å². The van der Waals surface area contributed by atoms with Gasteiger partial charge in [0.1, 0.15) is 5.69 Å². The molecule has 5 heteroatoms. The number of carbonyl (C=O) groups excluding carboxylic acids is 1. The van der Waals surface area contributed by atoms with Crippen LogP contribution in [0.4, 0.5) is 0 Å². The van der Waals surface area contributed by atoms with Crippen LogP contribution in [0.2, 0.25) is 5.02 Å². The van der Waals surface area contributed by atoms with Crippen molar-refractivity contribution in [1.29, 1.82) is 0 Å². The Balaban J connectivity index is 1.84. The Kier molecular flexibility index (Phi) is 4.24. The number of rotatable bonds is 3. The molecular formula is C20H20ClN3O. The summed E-state index contributed by atoms with van der Waals surface area (Å²) >= 11 is 6.21. The molecule has 128 valence electrons. The number of aromatic amines is 1. The van der Waals surface area contributed by atoms with Crippen molar-refractivity contribution in [2.24, 2.45) is 11.7 Å².